The lowest BCUT2D eigenvalue weighted by molar-refractivity contribution is 0.275. The maximum atomic E-state index is 13.4. The predicted molar refractivity (Wildman–Crippen MR) is 90.6 cm³/mol. The first kappa shape index (κ1) is 17.9. The zero-order valence-corrected chi connectivity index (χ0v) is 15.2. The van der Waals surface area contributed by atoms with Crippen LogP contribution in [0.25, 0.3) is 0 Å². The number of benzene rings is 2. The van der Waals surface area contributed by atoms with Gasteiger partial charge in [-0.25, -0.2) is 12.8 Å². The van der Waals surface area contributed by atoms with Gasteiger partial charge in [0.15, 0.2) is 11.6 Å². The van der Waals surface area contributed by atoms with Crippen molar-refractivity contribution in [2.75, 3.05) is 20.2 Å². The number of hydrogen-bond donors (Lipinski definition) is 0. The van der Waals surface area contributed by atoms with Crippen LogP contribution in [0.3, 0.4) is 0 Å². The van der Waals surface area contributed by atoms with Crippen molar-refractivity contribution in [3.63, 3.8) is 0 Å². The molecule has 0 unspecified atom stereocenters. The smallest absolute Gasteiger partial charge is 0.244 e. The maximum Gasteiger partial charge on any atom is 0.244 e. The van der Waals surface area contributed by atoms with Gasteiger partial charge in [0.1, 0.15) is 6.61 Å². The molecule has 0 aliphatic carbocycles. The lowest BCUT2D eigenvalue weighted by Gasteiger charge is -2.18. The monoisotopic (exact) mass is 401 g/mol. The van der Waals surface area contributed by atoms with Crippen molar-refractivity contribution in [2.45, 2.75) is 11.8 Å². The summed E-state index contributed by atoms with van der Waals surface area (Å²) in [5, 5.41) is 0. The summed E-state index contributed by atoms with van der Waals surface area (Å²) in [6.45, 7) is 2.05. The van der Waals surface area contributed by atoms with Gasteiger partial charge >= 0.3 is 0 Å². The van der Waals surface area contributed by atoms with E-state index in [0.717, 1.165) is 5.56 Å². The van der Waals surface area contributed by atoms with Crippen LogP contribution in [-0.4, -0.2) is 32.9 Å². The molecule has 0 bridgehead atoms. The van der Waals surface area contributed by atoms with Gasteiger partial charge < -0.3 is 4.74 Å². The average molecular weight is 402 g/mol. The summed E-state index contributed by atoms with van der Waals surface area (Å²) >= 11 is 3.28. The van der Waals surface area contributed by atoms with E-state index >= 15 is 0 Å². The van der Waals surface area contributed by atoms with Crippen molar-refractivity contribution in [1.29, 1.82) is 0 Å². The molecule has 124 valence electrons. The van der Waals surface area contributed by atoms with Crippen molar-refractivity contribution in [1.82, 2.24) is 4.31 Å². The molecule has 0 atom stereocenters. The molecule has 0 saturated heterocycles. The summed E-state index contributed by atoms with van der Waals surface area (Å²) in [5.41, 5.74) is 0.960. The summed E-state index contributed by atoms with van der Waals surface area (Å²) in [5.74, 6) is -0.367. The van der Waals surface area contributed by atoms with Crippen LogP contribution < -0.4 is 4.74 Å². The molecular weight excluding hydrogens is 385 g/mol. The lowest BCUT2D eigenvalue weighted by Crippen LogP contribution is -2.31. The SMILES string of the molecule is Cc1ccc(S(=O)(=O)N(C)CCOc2ccccc2F)c(Br)c1. The van der Waals surface area contributed by atoms with E-state index in [2.05, 4.69) is 15.9 Å². The lowest BCUT2D eigenvalue weighted by atomic mass is 10.2. The fraction of sp³-hybridized carbons (Fsp3) is 0.250. The van der Waals surface area contributed by atoms with Crippen LogP contribution in [0.2, 0.25) is 0 Å². The van der Waals surface area contributed by atoms with Gasteiger partial charge in [0.25, 0.3) is 0 Å². The van der Waals surface area contributed by atoms with E-state index in [-0.39, 0.29) is 23.8 Å². The van der Waals surface area contributed by atoms with Gasteiger partial charge in [0.05, 0.1) is 4.90 Å². The van der Waals surface area contributed by atoms with Crippen LogP contribution >= 0.6 is 15.9 Å². The van der Waals surface area contributed by atoms with Crippen molar-refractivity contribution < 1.29 is 17.5 Å². The molecule has 4 nitrogen and oxygen atoms in total. The number of sulfonamides is 1. The molecule has 0 aliphatic heterocycles. The molecule has 0 heterocycles. The van der Waals surface area contributed by atoms with Gasteiger partial charge in [-0.15, -0.1) is 0 Å². The highest BCUT2D eigenvalue weighted by Crippen LogP contribution is 2.25. The second-order valence-electron chi connectivity index (χ2n) is 5.04. The topological polar surface area (TPSA) is 46.6 Å². The molecule has 2 aromatic carbocycles. The fourth-order valence-corrected chi connectivity index (χ4v) is 4.25. The highest BCUT2D eigenvalue weighted by molar-refractivity contribution is 9.10. The van der Waals surface area contributed by atoms with Gasteiger partial charge in [-0.2, -0.15) is 4.31 Å². The summed E-state index contributed by atoms with van der Waals surface area (Å²) in [6, 6.07) is 11.1. The minimum Gasteiger partial charge on any atom is -0.489 e. The van der Waals surface area contributed by atoms with Crippen LogP contribution in [0.1, 0.15) is 5.56 Å². The molecule has 0 aliphatic rings. The molecule has 0 spiro atoms. The molecule has 0 aromatic heterocycles. The van der Waals surface area contributed by atoms with E-state index in [1.54, 1.807) is 30.3 Å². The van der Waals surface area contributed by atoms with Gasteiger partial charge in [-0.3, -0.25) is 0 Å². The average Bonchev–Trinajstić information content (AvgIpc) is 2.48. The van der Waals surface area contributed by atoms with Crippen molar-refractivity contribution in [2.24, 2.45) is 0 Å². The highest BCUT2D eigenvalue weighted by Gasteiger charge is 2.23. The molecule has 2 rings (SSSR count). The maximum absolute atomic E-state index is 13.4. The predicted octanol–water partition coefficient (Wildman–Crippen LogP) is 3.60. The Kier molecular flexibility index (Phi) is 5.78. The van der Waals surface area contributed by atoms with Crippen LogP contribution in [0.4, 0.5) is 4.39 Å². The van der Waals surface area contributed by atoms with Crippen LogP contribution in [0.5, 0.6) is 5.75 Å². The molecule has 23 heavy (non-hydrogen) atoms. The third-order valence-electron chi connectivity index (χ3n) is 3.28. The van der Waals surface area contributed by atoms with Gasteiger partial charge in [-0.05, 0) is 52.7 Å². The van der Waals surface area contributed by atoms with Crippen molar-refractivity contribution in [3.05, 3.63) is 58.3 Å². The Labute approximate surface area is 144 Å². The van der Waals surface area contributed by atoms with Crippen LogP contribution in [0, 0.1) is 12.7 Å². The van der Waals surface area contributed by atoms with E-state index in [1.807, 2.05) is 6.92 Å². The molecule has 0 saturated carbocycles. The zero-order valence-electron chi connectivity index (χ0n) is 12.8. The second kappa shape index (κ2) is 7.42. The quantitative estimate of drug-likeness (QED) is 0.742. The first-order valence-corrected chi connectivity index (χ1v) is 9.15. The number of para-hydroxylation sites is 1. The summed E-state index contributed by atoms with van der Waals surface area (Å²) in [7, 11) is -2.17. The standard InChI is InChI=1S/C16H17BrFNO3S/c1-12-7-8-16(13(17)11-12)23(20,21)19(2)9-10-22-15-6-4-3-5-14(15)18/h3-8,11H,9-10H2,1-2H3. The highest BCUT2D eigenvalue weighted by atomic mass is 79.9. The number of nitrogens with zero attached hydrogens (tertiary/aromatic N) is 1. The molecule has 0 amide bonds. The number of halogens is 2. The van der Waals surface area contributed by atoms with E-state index in [9.17, 15) is 12.8 Å². The minimum absolute atomic E-state index is 0.0557. The van der Waals surface area contributed by atoms with Crippen molar-refractivity contribution >= 4 is 26.0 Å². The van der Waals surface area contributed by atoms with E-state index < -0.39 is 15.8 Å². The first-order chi connectivity index (χ1) is 10.8. The Morgan fingerprint density at radius 2 is 1.91 bits per heavy atom. The van der Waals surface area contributed by atoms with Gasteiger partial charge in [0.2, 0.25) is 10.0 Å². The second-order valence-corrected chi connectivity index (χ2v) is 7.91. The largest absolute Gasteiger partial charge is 0.489 e. The normalized spacial score (nSPS) is 11.7. The molecule has 0 fully saturated rings. The molecule has 0 radical (unpaired) electrons. The third kappa shape index (κ3) is 4.31. The molecular formula is C16H17BrFNO3S. The third-order valence-corrected chi connectivity index (χ3v) is 6.11. The summed E-state index contributed by atoms with van der Waals surface area (Å²) in [6.07, 6.45) is 0. The molecule has 0 N–H and O–H groups in total. The van der Waals surface area contributed by atoms with Crippen LogP contribution in [0.15, 0.2) is 51.8 Å². The molecule has 2 aromatic rings. The number of hydrogen-bond acceptors (Lipinski definition) is 3. The Hall–Kier alpha value is -1.44. The Morgan fingerprint density at radius 1 is 1.22 bits per heavy atom. The summed E-state index contributed by atoms with van der Waals surface area (Å²) < 4.78 is 45.5. The minimum atomic E-state index is -3.64. The number of aryl methyl sites for hydroxylation is 1. The van der Waals surface area contributed by atoms with Gasteiger partial charge in [0, 0.05) is 18.1 Å². The number of rotatable bonds is 6. The van der Waals surface area contributed by atoms with Gasteiger partial charge in [-0.1, -0.05) is 18.2 Å². The van der Waals surface area contributed by atoms with E-state index in [0.29, 0.717) is 4.47 Å². The van der Waals surface area contributed by atoms with E-state index in [1.165, 1.54) is 23.5 Å². The number of ether oxygens (including phenoxy) is 1. The Bertz CT molecular complexity index is 796. The first-order valence-electron chi connectivity index (χ1n) is 6.92. The van der Waals surface area contributed by atoms with E-state index in [4.69, 9.17) is 4.74 Å². The van der Waals surface area contributed by atoms with Crippen LogP contribution in [-0.2, 0) is 10.0 Å². The Morgan fingerprint density at radius 3 is 2.57 bits per heavy atom. The number of likely N-dealkylation sites (N-methyl/N-ethyl adjacent to an activating group) is 1. The molecule has 7 heteroatoms. The Balaban J connectivity index is 2.04. The summed E-state index contributed by atoms with van der Waals surface area (Å²) in [4.78, 5) is 0.191. The zero-order chi connectivity index (χ0) is 17.0. The van der Waals surface area contributed by atoms with Crippen molar-refractivity contribution in [3.8, 4) is 5.75 Å². The fourth-order valence-electron chi connectivity index (χ4n) is 1.95.